The van der Waals surface area contributed by atoms with E-state index >= 15 is 0 Å². The summed E-state index contributed by atoms with van der Waals surface area (Å²) in [6.07, 6.45) is -3.79. The lowest BCUT2D eigenvalue weighted by molar-refractivity contribution is -0.137. The van der Waals surface area contributed by atoms with Gasteiger partial charge in [-0.3, -0.25) is 0 Å². The number of alkyl halides is 3. The third-order valence-electron chi connectivity index (χ3n) is 3.95. The molecule has 146 valence electrons. The van der Waals surface area contributed by atoms with Crippen LogP contribution in [0, 0.1) is 3.57 Å². The number of nitrogens with one attached hydrogen (secondary N) is 1. The molecule has 0 bridgehead atoms. The molecule has 9 heteroatoms. The highest BCUT2D eigenvalue weighted by Gasteiger charge is 2.36. The first-order chi connectivity index (χ1) is 13.3. The Bertz CT molecular complexity index is 947. The molecular weight excluding hydrogens is 484 g/mol. The molecule has 0 radical (unpaired) electrons. The summed E-state index contributed by atoms with van der Waals surface area (Å²) < 4.78 is 46.5. The zero-order chi connectivity index (χ0) is 20.3. The molecule has 0 aliphatic rings. The van der Waals surface area contributed by atoms with Crippen LogP contribution >= 0.6 is 22.6 Å². The van der Waals surface area contributed by atoms with Crippen LogP contribution in [-0.2, 0) is 6.18 Å². The summed E-state index contributed by atoms with van der Waals surface area (Å²) in [4.78, 5) is 9.35. The second-order valence-corrected chi connectivity index (χ2v) is 7.06. The fourth-order valence-corrected chi connectivity index (χ4v) is 2.84. The van der Waals surface area contributed by atoms with Crippen LogP contribution in [0.4, 0.5) is 36.3 Å². The molecule has 2 aromatic carbocycles. The predicted molar refractivity (Wildman–Crippen MR) is 111 cm³/mol. The first-order valence-corrected chi connectivity index (χ1v) is 9.20. The first kappa shape index (κ1) is 20.2. The van der Waals surface area contributed by atoms with E-state index < -0.39 is 11.7 Å². The standard InChI is InChI=1S/C19H16F3IN4O/c1-27(14-7-3-12(23)4-8-14)17-16(19(20,21)22)11-24-18(26-17)25-13-5-9-15(28-2)10-6-13/h3-11H,1-2H3,(H,24,25,26). The van der Waals surface area contributed by atoms with Crippen molar-refractivity contribution in [2.45, 2.75) is 6.18 Å². The van der Waals surface area contributed by atoms with Gasteiger partial charge in [0, 0.05) is 28.2 Å². The number of halogens is 4. The van der Waals surface area contributed by atoms with Gasteiger partial charge in [-0.1, -0.05) is 0 Å². The third kappa shape index (κ3) is 4.64. The number of nitrogens with zero attached hydrogens (tertiary/aromatic N) is 3. The van der Waals surface area contributed by atoms with Crippen molar-refractivity contribution in [2.24, 2.45) is 0 Å². The van der Waals surface area contributed by atoms with Crippen LogP contribution < -0.4 is 15.0 Å². The van der Waals surface area contributed by atoms with E-state index in [1.165, 1.54) is 11.9 Å². The summed E-state index contributed by atoms with van der Waals surface area (Å²) in [7, 11) is 3.09. The van der Waals surface area contributed by atoms with Gasteiger partial charge in [0.15, 0.2) is 5.82 Å². The van der Waals surface area contributed by atoms with Gasteiger partial charge in [0.1, 0.15) is 11.3 Å². The molecule has 3 aromatic rings. The molecule has 0 unspecified atom stereocenters. The Morgan fingerprint density at radius 1 is 1.04 bits per heavy atom. The molecular formula is C19H16F3IN4O. The van der Waals surface area contributed by atoms with Gasteiger partial charge < -0.3 is 15.0 Å². The molecule has 0 saturated carbocycles. The lowest BCUT2D eigenvalue weighted by atomic mass is 10.2. The summed E-state index contributed by atoms with van der Waals surface area (Å²) in [5.41, 5.74) is 0.303. The van der Waals surface area contributed by atoms with Crippen LogP contribution in [0.5, 0.6) is 5.75 Å². The largest absolute Gasteiger partial charge is 0.497 e. The lowest BCUT2D eigenvalue weighted by Crippen LogP contribution is -2.19. The number of anilines is 4. The highest BCUT2D eigenvalue weighted by molar-refractivity contribution is 14.1. The Morgan fingerprint density at radius 2 is 1.68 bits per heavy atom. The smallest absolute Gasteiger partial charge is 0.421 e. The zero-order valence-electron chi connectivity index (χ0n) is 15.0. The Labute approximate surface area is 173 Å². The van der Waals surface area contributed by atoms with Gasteiger partial charge in [-0.2, -0.15) is 18.2 Å². The fourth-order valence-electron chi connectivity index (χ4n) is 2.48. The number of hydrogen-bond donors (Lipinski definition) is 1. The molecule has 28 heavy (non-hydrogen) atoms. The van der Waals surface area contributed by atoms with Gasteiger partial charge in [-0.15, -0.1) is 0 Å². The molecule has 0 atom stereocenters. The van der Waals surface area contributed by atoms with Crippen LogP contribution in [0.1, 0.15) is 5.56 Å². The maximum absolute atomic E-state index is 13.5. The van der Waals surface area contributed by atoms with Gasteiger partial charge in [0.05, 0.1) is 7.11 Å². The average Bonchev–Trinajstić information content (AvgIpc) is 2.68. The summed E-state index contributed by atoms with van der Waals surface area (Å²) >= 11 is 2.13. The Balaban J connectivity index is 1.97. The number of ether oxygens (including phenoxy) is 1. The lowest BCUT2D eigenvalue weighted by Gasteiger charge is -2.23. The summed E-state index contributed by atoms with van der Waals surface area (Å²) in [6.45, 7) is 0. The van der Waals surface area contributed by atoms with Crippen molar-refractivity contribution >= 4 is 45.7 Å². The van der Waals surface area contributed by atoms with Crippen molar-refractivity contribution in [3.05, 3.63) is 63.9 Å². The second kappa shape index (κ2) is 8.21. The van der Waals surface area contributed by atoms with Crippen molar-refractivity contribution in [2.75, 3.05) is 24.4 Å². The van der Waals surface area contributed by atoms with Crippen LogP contribution in [0.3, 0.4) is 0 Å². The van der Waals surface area contributed by atoms with Crippen molar-refractivity contribution in [1.29, 1.82) is 0 Å². The van der Waals surface area contributed by atoms with E-state index in [0.29, 0.717) is 17.1 Å². The van der Waals surface area contributed by atoms with Crippen LogP contribution in [0.2, 0.25) is 0 Å². The third-order valence-corrected chi connectivity index (χ3v) is 4.67. The second-order valence-electron chi connectivity index (χ2n) is 5.82. The Hall–Kier alpha value is -2.56. The summed E-state index contributed by atoms with van der Waals surface area (Å²) in [5, 5.41) is 2.92. The van der Waals surface area contributed by atoms with E-state index in [-0.39, 0.29) is 11.8 Å². The average molecular weight is 500 g/mol. The van der Waals surface area contributed by atoms with Gasteiger partial charge in [-0.25, -0.2) is 4.98 Å². The molecule has 3 rings (SSSR count). The molecule has 0 aliphatic carbocycles. The van der Waals surface area contributed by atoms with Crippen LogP contribution in [-0.4, -0.2) is 24.1 Å². The summed E-state index contributed by atoms with van der Waals surface area (Å²) in [5.74, 6) is 0.489. The van der Waals surface area contributed by atoms with Crippen molar-refractivity contribution in [3.8, 4) is 5.75 Å². The fraction of sp³-hybridized carbons (Fsp3) is 0.158. The normalized spacial score (nSPS) is 11.2. The Kier molecular flexibility index (Phi) is 5.92. The maximum atomic E-state index is 13.5. The van der Waals surface area contributed by atoms with E-state index in [0.717, 1.165) is 9.77 Å². The first-order valence-electron chi connectivity index (χ1n) is 8.12. The minimum atomic E-state index is -4.58. The molecule has 0 fully saturated rings. The van der Waals surface area contributed by atoms with Gasteiger partial charge >= 0.3 is 6.18 Å². The molecule has 1 N–H and O–H groups in total. The number of benzene rings is 2. The number of aromatic nitrogens is 2. The van der Waals surface area contributed by atoms with E-state index in [1.807, 2.05) is 12.1 Å². The summed E-state index contributed by atoms with van der Waals surface area (Å²) in [6, 6.07) is 14.0. The molecule has 1 aromatic heterocycles. The van der Waals surface area contributed by atoms with Crippen molar-refractivity contribution < 1.29 is 17.9 Å². The van der Waals surface area contributed by atoms with Crippen molar-refractivity contribution in [1.82, 2.24) is 9.97 Å². The predicted octanol–water partition coefficient (Wildman–Crippen LogP) is 5.62. The molecule has 0 aliphatic heterocycles. The number of rotatable bonds is 5. The quantitative estimate of drug-likeness (QED) is 0.461. The molecule has 0 amide bonds. The SMILES string of the molecule is COc1ccc(Nc2ncc(C(F)(F)F)c(N(C)c3ccc(I)cc3)n2)cc1. The zero-order valence-corrected chi connectivity index (χ0v) is 17.1. The van der Waals surface area contributed by atoms with Gasteiger partial charge in [0.2, 0.25) is 5.95 Å². The molecule has 1 heterocycles. The molecule has 0 spiro atoms. The topological polar surface area (TPSA) is 50.3 Å². The van der Waals surface area contributed by atoms with E-state index in [2.05, 4.69) is 37.9 Å². The van der Waals surface area contributed by atoms with E-state index in [4.69, 9.17) is 4.74 Å². The van der Waals surface area contributed by atoms with Gasteiger partial charge in [0.25, 0.3) is 0 Å². The van der Waals surface area contributed by atoms with Gasteiger partial charge in [-0.05, 0) is 71.1 Å². The minimum absolute atomic E-state index is 0.0607. The highest BCUT2D eigenvalue weighted by atomic mass is 127. The minimum Gasteiger partial charge on any atom is -0.497 e. The number of hydrogen-bond acceptors (Lipinski definition) is 5. The van der Waals surface area contributed by atoms with E-state index in [1.54, 1.807) is 43.5 Å². The van der Waals surface area contributed by atoms with Crippen LogP contribution in [0.15, 0.2) is 54.7 Å². The van der Waals surface area contributed by atoms with E-state index in [9.17, 15) is 13.2 Å². The maximum Gasteiger partial charge on any atom is 0.421 e. The van der Waals surface area contributed by atoms with Crippen molar-refractivity contribution in [3.63, 3.8) is 0 Å². The molecule has 5 nitrogen and oxygen atoms in total. The number of methoxy groups -OCH3 is 1. The van der Waals surface area contributed by atoms with Crippen LogP contribution in [0.25, 0.3) is 0 Å². The molecule has 0 saturated heterocycles. The monoisotopic (exact) mass is 500 g/mol. The highest BCUT2D eigenvalue weighted by Crippen LogP contribution is 2.37. The Morgan fingerprint density at radius 3 is 2.25 bits per heavy atom.